The minimum atomic E-state index is 0.775. The molecular weight excluding hydrogens is 212 g/mol. The molecule has 1 heterocycles. The molecule has 1 aromatic heterocycles. The second-order valence-electron chi connectivity index (χ2n) is 3.69. The molecule has 0 aliphatic carbocycles. The SMILES string of the molecule is COc1cc(C)ccc1N=Cc1ccccn1. The second kappa shape index (κ2) is 5.25. The molecule has 0 atom stereocenters. The van der Waals surface area contributed by atoms with Crippen LogP contribution in [0.5, 0.6) is 5.75 Å². The summed E-state index contributed by atoms with van der Waals surface area (Å²) in [7, 11) is 1.65. The van der Waals surface area contributed by atoms with E-state index in [1.54, 1.807) is 19.5 Å². The Morgan fingerprint density at radius 2 is 2.12 bits per heavy atom. The minimum absolute atomic E-state index is 0.775. The van der Waals surface area contributed by atoms with E-state index in [1.165, 1.54) is 0 Å². The van der Waals surface area contributed by atoms with Gasteiger partial charge in [0.15, 0.2) is 0 Å². The van der Waals surface area contributed by atoms with Crippen LogP contribution in [0.4, 0.5) is 5.69 Å². The van der Waals surface area contributed by atoms with Gasteiger partial charge in [-0.1, -0.05) is 12.1 Å². The van der Waals surface area contributed by atoms with Crippen molar-refractivity contribution in [3.8, 4) is 5.75 Å². The van der Waals surface area contributed by atoms with Gasteiger partial charge in [-0.3, -0.25) is 9.98 Å². The molecule has 2 rings (SSSR count). The Hall–Kier alpha value is -2.16. The van der Waals surface area contributed by atoms with Crippen molar-refractivity contribution in [2.45, 2.75) is 6.92 Å². The summed E-state index contributed by atoms with van der Waals surface area (Å²) in [5, 5.41) is 0. The fraction of sp³-hybridized carbons (Fsp3) is 0.143. The number of rotatable bonds is 3. The zero-order valence-corrected chi connectivity index (χ0v) is 9.92. The highest BCUT2D eigenvalue weighted by Gasteiger charge is 2.00. The van der Waals surface area contributed by atoms with Crippen LogP contribution >= 0.6 is 0 Å². The molecule has 3 nitrogen and oxygen atoms in total. The summed E-state index contributed by atoms with van der Waals surface area (Å²) in [6.45, 7) is 2.02. The van der Waals surface area contributed by atoms with Crippen molar-refractivity contribution < 1.29 is 4.74 Å². The molecule has 0 bridgehead atoms. The smallest absolute Gasteiger partial charge is 0.144 e. The lowest BCUT2D eigenvalue weighted by Crippen LogP contribution is -1.87. The molecule has 1 aromatic carbocycles. The Labute approximate surface area is 101 Å². The average molecular weight is 226 g/mol. The summed E-state index contributed by atoms with van der Waals surface area (Å²) < 4.78 is 5.28. The molecule has 0 aliphatic rings. The number of hydrogen-bond donors (Lipinski definition) is 0. The van der Waals surface area contributed by atoms with Gasteiger partial charge in [0.1, 0.15) is 11.4 Å². The van der Waals surface area contributed by atoms with Gasteiger partial charge in [-0.05, 0) is 36.8 Å². The molecule has 0 saturated carbocycles. The van der Waals surface area contributed by atoms with Crippen molar-refractivity contribution in [2.75, 3.05) is 7.11 Å². The number of aromatic nitrogens is 1. The molecule has 3 heteroatoms. The Morgan fingerprint density at radius 1 is 1.24 bits per heavy atom. The van der Waals surface area contributed by atoms with Gasteiger partial charge in [0, 0.05) is 6.20 Å². The van der Waals surface area contributed by atoms with E-state index in [2.05, 4.69) is 9.98 Å². The Kier molecular flexibility index (Phi) is 3.50. The maximum Gasteiger partial charge on any atom is 0.144 e. The van der Waals surface area contributed by atoms with E-state index < -0.39 is 0 Å². The van der Waals surface area contributed by atoms with Gasteiger partial charge in [-0.2, -0.15) is 0 Å². The zero-order chi connectivity index (χ0) is 12.1. The molecule has 17 heavy (non-hydrogen) atoms. The highest BCUT2D eigenvalue weighted by atomic mass is 16.5. The third-order valence-electron chi connectivity index (χ3n) is 2.36. The summed E-state index contributed by atoms with van der Waals surface area (Å²) in [6.07, 6.45) is 3.47. The van der Waals surface area contributed by atoms with Crippen LogP contribution < -0.4 is 4.74 Å². The third-order valence-corrected chi connectivity index (χ3v) is 2.36. The van der Waals surface area contributed by atoms with Gasteiger partial charge in [-0.25, -0.2) is 0 Å². The molecule has 0 amide bonds. The largest absolute Gasteiger partial charge is 0.494 e. The van der Waals surface area contributed by atoms with E-state index in [1.807, 2.05) is 43.3 Å². The fourth-order valence-electron chi connectivity index (χ4n) is 1.48. The minimum Gasteiger partial charge on any atom is -0.494 e. The van der Waals surface area contributed by atoms with Gasteiger partial charge in [-0.15, -0.1) is 0 Å². The summed E-state index contributed by atoms with van der Waals surface area (Å²) in [4.78, 5) is 8.55. The van der Waals surface area contributed by atoms with E-state index >= 15 is 0 Å². The van der Waals surface area contributed by atoms with Crippen LogP contribution in [0.2, 0.25) is 0 Å². The fourth-order valence-corrected chi connectivity index (χ4v) is 1.48. The van der Waals surface area contributed by atoms with Crippen molar-refractivity contribution >= 4 is 11.9 Å². The first-order valence-electron chi connectivity index (χ1n) is 5.39. The number of hydrogen-bond acceptors (Lipinski definition) is 3. The van der Waals surface area contributed by atoms with E-state index in [4.69, 9.17) is 4.74 Å². The van der Waals surface area contributed by atoms with Gasteiger partial charge >= 0.3 is 0 Å². The molecule has 0 spiro atoms. The van der Waals surface area contributed by atoms with Gasteiger partial charge < -0.3 is 4.74 Å². The van der Waals surface area contributed by atoms with Crippen LogP contribution in [0.25, 0.3) is 0 Å². The van der Waals surface area contributed by atoms with Crippen LogP contribution in [-0.2, 0) is 0 Å². The predicted molar refractivity (Wildman–Crippen MR) is 69.2 cm³/mol. The number of methoxy groups -OCH3 is 1. The normalized spacial score (nSPS) is 10.7. The molecule has 0 aliphatic heterocycles. The van der Waals surface area contributed by atoms with Gasteiger partial charge in [0.05, 0.1) is 19.0 Å². The van der Waals surface area contributed by atoms with Gasteiger partial charge in [0.25, 0.3) is 0 Å². The number of aryl methyl sites for hydroxylation is 1. The molecule has 0 saturated heterocycles. The molecule has 0 fully saturated rings. The molecule has 86 valence electrons. The lowest BCUT2D eigenvalue weighted by molar-refractivity contribution is 0.416. The Balaban J connectivity index is 2.27. The van der Waals surface area contributed by atoms with Crippen LogP contribution in [0.3, 0.4) is 0 Å². The van der Waals surface area contributed by atoms with Crippen LogP contribution in [0, 0.1) is 6.92 Å². The topological polar surface area (TPSA) is 34.5 Å². The van der Waals surface area contributed by atoms with Crippen molar-refractivity contribution in [2.24, 2.45) is 4.99 Å². The lowest BCUT2D eigenvalue weighted by Gasteiger charge is -2.04. The van der Waals surface area contributed by atoms with E-state index in [0.717, 1.165) is 22.7 Å². The number of aliphatic imine (C=N–C) groups is 1. The number of benzene rings is 1. The van der Waals surface area contributed by atoms with Crippen LogP contribution in [0.15, 0.2) is 47.6 Å². The molecule has 0 N–H and O–H groups in total. The Bertz CT molecular complexity index is 521. The summed E-state index contributed by atoms with van der Waals surface area (Å²) in [5.41, 5.74) is 2.79. The highest BCUT2D eigenvalue weighted by Crippen LogP contribution is 2.27. The quantitative estimate of drug-likeness (QED) is 0.753. The number of nitrogens with zero attached hydrogens (tertiary/aromatic N) is 2. The standard InChI is InChI=1S/C14H14N2O/c1-11-6-7-13(14(9-11)17-2)16-10-12-5-3-4-8-15-12/h3-10H,1-2H3. The van der Waals surface area contributed by atoms with Crippen LogP contribution in [0.1, 0.15) is 11.3 Å². The second-order valence-corrected chi connectivity index (χ2v) is 3.69. The van der Waals surface area contributed by atoms with E-state index in [-0.39, 0.29) is 0 Å². The predicted octanol–water partition coefficient (Wildman–Crippen LogP) is 3.15. The first-order chi connectivity index (χ1) is 8.29. The molecule has 0 unspecified atom stereocenters. The molecular formula is C14H14N2O. The first-order valence-corrected chi connectivity index (χ1v) is 5.39. The number of ether oxygens (including phenoxy) is 1. The monoisotopic (exact) mass is 226 g/mol. The van der Waals surface area contributed by atoms with Crippen molar-refractivity contribution in [1.82, 2.24) is 4.98 Å². The summed E-state index contributed by atoms with van der Waals surface area (Å²) >= 11 is 0. The average Bonchev–Trinajstić information content (AvgIpc) is 2.38. The van der Waals surface area contributed by atoms with Crippen molar-refractivity contribution in [3.05, 3.63) is 53.9 Å². The van der Waals surface area contributed by atoms with Gasteiger partial charge in [0.2, 0.25) is 0 Å². The van der Waals surface area contributed by atoms with Crippen molar-refractivity contribution in [1.29, 1.82) is 0 Å². The maximum absolute atomic E-state index is 5.28. The van der Waals surface area contributed by atoms with E-state index in [0.29, 0.717) is 0 Å². The molecule has 0 radical (unpaired) electrons. The first kappa shape index (κ1) is 11.3. The Morgan fingerprint density at radius 3 is 2.82 bits per heavy atom. The highest BCUT2D eigenvalue weighted by molar-refractivity contribution is 5.80. The number of pyridine rings is 1. The molecule has 2 aromatic rings. The third kappa shape index (κ3) is 2.91. The zero-order valence-electron chi connectivity index (χ0n) is 9.92. The lowest BCUT2D eigenvalue weighted by atomic mass is 10.2. The van der Waals surface area contributed by atoms with E-state index in [9.17, 15) is 0 Å². The van der Waals surface area contributed by atoms with Crippen LogP contribution in [-0.4, -0.2) is 18.3 Å². The maximum atomic E-state index is 5.28. The van der Waals surface area contributed by atoms with Crippen molar-refractivity contribution in [3.63, 3.8) is 0 Å². The summed E-state index contributed by atoms with van der Waals surface area (Å²) in [6, 6.07) is 11.6. The summed E-state index contributed by atoms with van der Waals surface area (Å²) in [5.74, 6) is 0.775.